The number of likely N-dealkylation sites (tertiary alicyclic amines) is 1. The quantitative estimate of drug-likeness (QED) is 0.731. The summed E-state index contributed by atoms with van der Waals surface area (Å²) >= 11 is 0. The Kier molecular flexibility index (Phi) is 3.52. The van der Waals surface area contributed by atoms with E-state index in [1.54, 1.807) is 0 Å². The van der Waals surface area contributed by atoms with Crippen molar-refractivity contribution in [3.8, 4) is 0 Å². The summed E-state index contributed by atoms with van der Waals surface area (Å²) in [6.07, 6.45) is 2.33. The van der Waals surface area contributed by atoms with Gasteiger partial charge in [-0.3, -0.25) is 14.5 Å². The molecule has 2 rings (SSSR count). The number of rotatable bonds is 5. The van der Waals surface area contributed by atoms with Gasteiger partial charge in [-0.1, -0.05) is 20.8 Å². The molecule has 2 aliphatic rings. The fourth-order valence-corrected chi connectivity index (χ4v) is 2.09. The number of nitrogens with one attached hydrogen (secondary N) is 1. The van der Waals surface area contributed by atoms with Crippen LogP contribution in [0, 0.1) is 11.8 Å². The highest BCUT2D eigenvalue weighted by molar-refractivity contribution is 6.06. The van der Waals surface area contributed by atoms with Gasteiger partial charge >= 0.3 is 0 Å². The lowest BCUT2D eigenvalue weighted by Crippen LogP contribution is -2.41. The highest BCUT2D eigenvalue weighted by Gasteiger charge is 2.45. The van der Waals surface area contributed by atoms with E-state index >= 15 is 0 Å². The zero-order chi connectivity index (χ0) is 12.6. The molecular weight excluding hydrogens is 216 g/mol. The van der Waals surface area contributed by atoms with Crippen molar-refractivity contribution in [1.29, 1.82) is 0 Å². The maximum absolute atomic E-state index is 12.0. The lowest BCUT2D eigenvalue weighted by atomic mass is 9.98. The molecule has 1 aliphatic heterocycles. The molecule has 0 radical (unpaired) electrons. The fourth-order valence-electron chi connectivity index (χ4n) is 2.09. The van der Waals surface area contributed by atoms with Crippen LogP contribution in [-0.2, 0) is 9.59 Å². The van der Waals surface area contributed by atoms with Crippen molar-refractivity contribution < 1.29 is 9.59 Å². The number of carbonyl (C=O) groups is 2. The molecule has 0 aromatic heterocycles. The van der Waals surface area contributed by atoms with E-state index in [0.717, 1.165) is 19.4 Å². The molecule has 1 N–H and O–H groups in total. The third kappa shape index (κ3) is 2.68. The minimum Gasteiger partial charge on any atom is -0.305 e. The Bertz CT molecular complexity index is 323. The first-order valence-electron chi connectivity index (χ1n) is 6.60. The van der Waals surface area contributed by atoms with Crippen molar-refractivity contribution in [2.75, 3.05) is 6.54 Å². The monoisotopic (exact) mass is 238 g/mol. The normalized spacial score (nSPS) is 27.1. The summed E-state index contributed by atoms with van der Waals surface area (Å²) in [4.78, 5) is 25.2. The first-order chi connectivity index (χ1) is 8.00. The van der Waals surface area contributed by atoms with Crippen LogP contribution >= 0.6 is 0 Å². The first kappa shape index (κ1) is 12.6. The molecule has 0 aromatic carbocycles. The molecule has 2 atom stereocenters. The zero-order valence-corrected chi connectivity index (χ0v) is 10.9. The predicted octanol–water partition coefficient (Wildman–Crippen LogP) is 1.16. The van der Waals surface area contributed by atoms with Gasteiger partial charge in [0, 0.05) is 6.04 Å². The van der Waals surface area contributed by atoms with Crippen LogP contribution in [0.15, 0.2) is 0 Å². The minimum absolute atomic E-state index is 0.00606. The van der Waals surface area contributed by atoms with Crippen LogP contribution in [0.3, 0.4) is 0 Å². The molecule has 2 unspecified atom stereocenters. The number of carbonyl (C=O) groups excluding carboxylic acids is 2. The van der Waals surface area contributed by atoms with Gasteiger partial charge in [-0.2, -0.15) is 0 Å². The molecule has 4 heteroatoms. The second-order valence-electron chi connectivity index (χ2n) is 5.72. The summed E-state index contributed by atoms with van der Waals surface area (Å²) in [7, 11) is 0. The second kappa shape index (κ2) is 4.77. The van der Waals surface area contributed by atoms with Gasteiger partial charge in [0.05, 0.1) is 12.5 Å². The van der Waals surface area contributed by atoms with E-state index in [-0.39, 0.29) is 23.9 Å². The van der Waals surface area contributed by atoms with E-state index in [4.69, 9.17) is 0 Å². The van der Waals surface area contributed by atoms with Crippen LogP contribution in [0.1, 0.15) is 40.0 Å². The third-order valence-electron chi connectivity index (χ3n) is 3.92. The van der Waals surface area contributed by atoms with Gasteiger partial charge in [0.1, 0.15) is 0 Å². The van der Waals surface area contributed by atoms with E-state index in [0.29, 0.717) is 18.3 Å². The van der Waals surface area contributed by atoms with Crippen LogP contribution in [-0.4, -0.2) is 35.3 Å². The molecule has 4 nitrogen and oxygen atoms in total. The number of amides is 2. The minimum atomic E-state index is -0.274. The van der Waals surface area contributed by atoms with Crippen molar-refractivity contribution in [3.63, 3.8) is 0 Å². The van der Waals surface area contributed by atoms with Gasteiger partial charge in [-0.25, -0.2) is 0 Å². The highest BCUT2D eigenvalue weighted by atomic mass is 16.2. The molecule has 2 fully saturated rings. The maximum Gasteiger partial charge on any atom is 0.247 e. The molecule has 0 spiro atoms. The van der Waals surface area contributed by atoms with Crippen molar-refractivity contribution >= 4 is 11.8 Å². The van der Waals surface area contributed by atoms with E-state index in [2.05, 4.69) is 26.1 Å². The first-order valence-corrected chi connectivity index (χ1v) is 6.60. The molecule has 1 heterocycles. The lowest BCUT2D eigenvalue weighted by molar-refractivity contribution is -0.139. The highest BCUT2D eigenvalue weighted by Crippen LogP contribution is 2.31. The van der Waals surface area contributed by atoms with Gasteiger partial charge < -0.3 is 5.32 Å². The van der Waals surface area contributed by atoms with Gasteiger partial charge in [0.25, 0.3) is 0 Å². The van der Waals surface area contributed by atoms with Crippen molar-refractivity contribution in [2.45, 2.75) is 52.1 Å². The Morgan fingerprint density at radius 2 is 1.94 bits per heavy atom. The van der Waals surface area contributed by atoms with Crippen molar-refractivity contribution in [3.05, 3.63) is 0 Å². The van der Waals surface area contributed by atoms with Gasteiger partial charge in [-0.05, 0) is 31.2 Å². The van der Waals surface area contributed by atoms with Gasteiger partial charge in [-0.15, -0.1) is 0 Å². The Labute approximate surface area is 103 Å². The largest absolute Gasteiger partial charge is 0.305 e. The maximum atomic E-state index is 12.0. The molecule has 1 saturated carbocycles. The van der Waals surface area contributed by atoms with E-state index < -0.39 is 0 Å². The van der Waals surface area contributed by atoms with Crippen LogP contribution < -0.4 is 5.32 Å². The Morgan fingerprint density at radius 1 is 1.29 bits per heavy atom. The Morgan fingerprint density at radius 3 is 2.47 bits per heavy atom. The molecule has 17 heavy (non-hydrogen) atoms. The van der Waals surface area contributed by atoms with Crippen molar-refractivity contribution in [1.82, 2.24) is 10.2 Å². The summed E-state index contributed by atoms with van der Waals surface area (Å²) < 4.78 is 0. The van der Waals surface area contributed by atoms with Gasteiger partial charge in [0.2, 0.25) is 11.8 Å². The number of nitrogens with zero attached hydrogens (tertiary/aromatic N) is 1. The molecule has 0 aromatic rings. The van der Waals surface area contributed by atoms with E-state index in [9.17, 15) is 9.59 Å². The zero-order valence-electron chi connectivity index (χ0n) is 10.9. The SMILES string of the molecule is CC(C)C(C)CNC1CC(=O)N(C2CC2)C1=O. The summed E-state index contributed by atoms with van der Waals surface area (Å²) in [5.74, 6) is 1.11. The molecule has 96 valence electrons. The van der Waals surface area contributed by atoms with Crippen molar-refractivity contribution in [2.24, 2.45) is 11.8 Å². The second-order valence-corrected chi connectivity index (χ2v) is 5.72. The van der Waals surface area contributed by atoms with Crippen LogP contribution in [0.4, 0.5) is 0 Å². The summed E-state index contributed by atoms with van der Waals surface area (Å²) in [5, 5.41) is 3.24. The average molecular weight is 238 g/mol. The van der Waals surface area contributed by atoms with E-state index in [1.165, 1.54) is 4.90 Å². The summed E-state index contributed by atoms with van der Waals surface area (Å²) in [6.45, 7) is 7.31. The molecule has 2 amide bonds. The van der Waals surface area contributed by atoms with Crippen LogP contribution in [0.25, 0.3) is 0 Å². The number of hydrogen-bond donors (Lipinski definition) is 1. The molecule has 1 aliphatic carbocycles. The predicted molar refractivity (Wildman–Crippen MR) is 65.3 cm³/mol. The molecular formula is C13H22N2O2. The molecule has 1 saturated heterocycles. The Balaban J connectivity index is 1.86. The summed E-state index contributed by atoms with van der Waals surface area (Å²) in [5.41, 5.74) is 0. The number of hydrogen-bond acceptors (Lipinski definition) is 3. The third-order valence-corrected chi connectivity index (χ3v) is 3.92. The van der Waals surface area contributed by atoms with E-state index in [1.807, 2.05) is 0 Å². The summed E-state index contributed by atoms with van der Waals surface area (Å²) in [6, 6.07) is -0.0615. The topological polar surface area (TPSA) is 49.4 Å². The lowest BCUT2D eigenvalue weighted by Gasteiger charge is -2.19. The fraction of sp³-hybridized carbons (Fsp3) is 0.846. The van der Waals surface area contributed by atoms with Gasteiger partial charge in [0.15, 0.2) is 0 Å². The Hall–Kier alpha value is -0.900. The smallest absolute Gasteiger partial charge is 0.247 e. The average Bonchev–Trinajstić information content (AvgIpc) is 3.03. The molecule has 0 bridgehead atoms. The van der Waals surface area contributed by atoms with Crippen LogP contribution in [0.5, 0.6) is 0 Å². The standard InChI is InChI=1S/C13H22N2O2/c1-8(2)9(3)7-14-11-6-12(16)15(13(11)17)10-4-5-10/h8-11,14H,4-7H2,1-3H3. The number of imide groups is 1. The van der Waals surface area contributed by atoms with Crippen LogP contribution in [0.2, 0.25) is 0 Å².